The largest absolute Gasteiger partial charge is 0.339 e. The second-order valence-electron chi connectivity index (χ2n) is 8.20. The molecule has 31 heavy (non-hydrogen) atoms. The molecule has 1 heterocycles. The first-order chi connectivity index (χ1) is 14.9. The number of aryl methyl sites for hydroxylation is 1. The Morgan fingerprint density at radius 2 is 2.03 bits per heavy atom. The fourth-order valence-corrected chi connectivity index (χ4v) is 5.41. The van der Waals surface area contributed by atoms with Gasteiger partial charge in [-0.1, -0.05) is 30.3 Å². The second-order valence-corrected chi connectivity index (χ2v) is 9.91. The summed E-state index contributed by atoms with van der Waals surface area (Å²) in [7, 11) is 0.00196. The lowest BCUT2D eigenvalue weighted by Crippen LogP contribution is -2.24. The summed E-state index contributed by atoms with van der Waals surface area (Å²) in [5.74, 6) is 0.430. The molecule has 0 amide bonds. The van der Waals surface area contributed by atoms with E-state index in [9.17, 15) is 12.8 Å². The summed E-state index contributed by atoms with van der Waals surface area (Å²) >= 11 is 0. The maximum absolute atomic E-state index is 13.7. The molecule has 0 fully saturated rings. The van der Waals surface area contributed by atoms with Crippen LogP contribution in [0.5, 0.6) is 0 Å². The van der Waals surface area contributed by atoms with E-state index in [0.29, 0.717) is 5.92 Å². The fraction of sp³-hybridized carbons (Fsp3) is 0.348. The Morgan fingerprint density at radius 3 is 2.74 bits per heavy atom. The SMILES string of the molecule is CNCC1Cc2ccc(CNS(=O)(=O)c3cn(C)cn3)cc2C1Cc1cccc(F)c1. The number of fused-ring (bicyclic) bond motifs is 1. The molecular formula is C23H27FN4O2S. The van der Waals surface area contributed by atoms with Gasteiger partial charge in [-0.05, 0) is 72.7 Å². The molecule has 0 aliphatic heterocycles. The molecule has 1 aliphatic carbocycles. The summed E-state index contributed by atoms with van der Waals surface area (Å²) in [6, 6.07) is 12.9. The van der Waals surface area contributed by atoms with Gasteiger partial charge in [-0.15, -0.1) is 0 Å². The normalized spacial score (nSPS) is 18.3. The molecule has 0 bridgehead atoms. The van der Waals surface area contributed by atoms with Crippen molar-refractivity contribution in [3.63, 3.8) is 0 Å². The Morgan fingerprint density at radius 1 is 1.19 bits per heavy atom. The van der Waals surface area contributed by atoms with Gasteiger partial charge in [0.1, 0.15) is 5.82 Å². The van der Waals surface area contributed by atoms with Crippen LogP contribution >= 0.6 is 0 Å². The van der Waals surface area contributed by atoms with Crippen molar-refractivity contribution < 1.29 is 12.8 Å². The highest BCUT2D eigenvalue weighted by Gasteiger charge is 2.32. The van der Waals surface area contributed by atoms with Gasteiger partial charge in [-0.25, -0.2) is 22.5 Å². The van der Waals surface area contributed by atoms with Crippen molar-refractivity contribution in [2.24, 2.45) is 13.0 Å². The van der Waals surface area contributed by atoms with Crippen LogP contribution in [0.1, 0.15) is 28.2 Å². The number of nitrogens with one attached hydrogen (secondary N) is 2. The molecule has 0 saturated heterocycles. The van der Waals surface area contributed by atoms with Crippen LogP contribution in [0, 0.1) is 11.7 Å². The zero-order valence-electron chi connectivity index (χ0n) is 17.7. The van der Waals surface area contributed by atoms with Crippen molar-refractivity contribution in [1.82, 2.24) is 19.6 Å². The van der Waals surface area contributed by atoms with Crippen molar-refractivity contribution in [2.45, 2.75) is 30.3 Å². The summed E-state index contributed by atoms with van der Waals surface area (Å²) < 4.78 is 42.9. The number of sulfonamides is 1. The molecule has 2 N–H and O–H groups in total. The Labute approximate surface area is 182 Å². The van der Waals surface area contributed by atoms with Crippen molar-refractivity contribution in [2.75, 3.05) is 13.6 Å². The first-order valence-corrected chi connectivity index (χ1v) is 11.8. The average molecular weight is 443 g/mol. The number of nitrogens with zero attached hydrogens (tertiary/aromatic N) is 2. The Balaban J connectivity index is 1.55. The molecule has 4 rings (SSSR count). The zero-order chi connectivity index (χ0) is 22.0. The van der Waals surface area contributed by atoms with Crippen LogP contribution in [-0.4, -0.2) is 31.6 Å². The minimum atomic E-state index is -3.67. The van der Waals surface area contributed by atoms with Crippen LogP contribution in [-0.2, 0) is 36.5 Å². The summed E-state index contributed by atoms with van der Waals surface area (Å²) in [5, 5.41) is 3.29. The van der Waals surface area contributed by atoms with Gasteiger partial charge in [0.05, 0.1) is 6.33 Å². The number of hydrogen-bond acceptors (Lipinski definition) is 4. The topological polar surface area (TPSA) is 76.0 Å². The first-order valence-electron chi connectivity index (χ1n) is 10.3. The molecule has 0 saturated carbocycles. The van der Waals surface area contributed by atoms with Crippen molar-refractivity contribution in [3.8, 4) is 0 Å². The highest BCUT2D eigenvalue weighted by molar-refractivity contribution is 7.89. The van der Waals surface area contributed by atoms with Crippen molar-refractivity contribution in [1.29, 1.82) is 0 Å². The van der Waals surface area contributed by atoms with Crippen molar-refractivity contribution in [3.05, 3.63) is 83.1 Å². The monoisotopic (exact) mass is 442 g/mol. The Kier molecular flexibility index (Phi) is 6.22. The standard InChI is InChI=1S/C23H27FN4O2S/c1-25-13-19-11-18-7-6-17(12-27-31(29,30)23-14-28(2)15-26-23)10-21(18)22(19)9-16-4-3-5-20(24)8-16/h3-8,10,14-15,19,22,25,27H,9,11-13H2,1-2H3. The molecule has 164 valence electrons. The third-order valence-electron chi connectivity index (χ3n) is 5.89. The van der Waals surface area contributed by atoms with Crippen molar-refractivity contribution >= 4 is 10.0 Å². The van der Waals surface area contributed by atoms with Gasteiger partial charge in [0.15, 0.2) is 5.03 Å². The summed E-state index contributed by atoms with van der Waals surface area (Å²) in [6.07, 6.45) is 4.64. The van der Waals surface area contributed by atoms with E-state index in [1.807, 2.05) is 19.2 Å². The van der Waals surface area contributed by atoms with E-state index < -0.39 is 10.0 Å². The third kappa shape index (κ3) is 4.87. The van der Waals surface area contributed by atoms with E-state index in [4.69, 9.17) is 0 Å². The first kappa shape index (κ1) is 21.7. The van der Waals surface area contributed by atoms with Crippen LogP contribution in [0.4, 0.5) is 4.39 Å². The number of halogens is 1. The molecule has 1 aliphatic rings. The van der Waals surface area contributed by atoms with Crippen LogP contribution < -0.4 is 10.0 Å². The predicted octanol–water partition coefficient (Wildman–Crippen LogP) is 2.76. The lowest BCUT2D eigenvalue weighted by Gasteiger charge is -2.21. The van der Waals surface area contributed by atoms with E-state index in [1.54, 1.807) is 23.7 Å². The molecule has 3 aromatic rings. The van der Waals surface area contributed by atoms with Crippen LogP contribution in [0.25, 0.3) is 0 Å². The molecule has 1 aromatic heterocycles. The van der Waals surface area contributed by atoms with Gasteiger partial charge in [0, 0.05) is 19.8 Å². The molecule has 6 nitrogen and oxygen atoms in total. The van der Waals surface area contributed by atoms with Crippen LogP contribution in [0.3, 0.4) is 0 Å². The van der Waals surface area contributed by atoms with Crippen LogP contribution in [0.15, 0.2) is 60.0 Å². The number of rotatable bonds is 8. The smallest absolute Gasteiger partial charge is 0.259 e. The highest BCUT2D eigenvalue weighted by atomic mass is 32.2. The highest BCUT2D eigenvalue weighted by Crippen LogP contribution is 2.40. The second kappa shape index (κ2) is 8.90. The van der Waals surface area contributed by atoms with Gasteiger partial charge in [0.2, 0.25) is 0 Å². The van der Waals surface area contributed by atoms with E-state index in [-0.39, 0.29) is 23.3 Å². The number of benzene rings is 2. The number of imidazole rings is 1. The number of hydrogen-bond donors (Lipinski definition) is 2. The zero-order valence-corrected chi connectivity index (χ0v) is 18.5. The molecule has 2 atom stereocenters. The minimum Gasteiger partial charge on any atom is -0.339 e. The van der Waals surface area contributed by atoms with E-state index in [2.05, 4.69) is 27.2 Å². The van der Waals surface area contributed by atoms with Gasteiger partial charge in [-0.3, -0.25) is 0 Å². The van der Waals surface area contributed by atoms with E-state index in [0.717, 1.165) is 30.5 Å². The summed E-state index contributed by atoms with van der Waals surface area (Å²) in [5.41, 5.74) is 4.37. The van der Waals surface area contributed by atoms with E-state index >= 15 is 0 Å². The third-order valence-corrected chi connectivity index (χ3v) is 7.18. The molecule has 2 aromatic carbocycles. The molecule has 0 spiro atoms. The maximum Gasteiger partial charge on any atom is 0.259 e. The summed E-state index contributed by atoms with van der Waals surface area (Å²) in [6.45, 7) is 1.06. The van der Waals surface area contributed by atoms with Gasteiger partial charge < -0.3 is 9.88 Å². The molecule has 0 radical (unpaired) electrons. The molecule has 8 heteroatoms. The Bertz CT molecular complexity index is 1180. The van der Waals surface area contributed by atoms with Gasteiger partial charge >= 0.3 is 0 Å². The number of aromatic nitrogens is 2. The summed E-state index contributed by atoms with van der Waals surface area (Å²) in [4.78, 5) is 3.93. The van der Waals surface area contributed by atoms with Crippen LogP contribution in [0.2, 0.25) is 0 Å². The average Bonchev–Trinajstić information content (AvgIpc) is 3.31. The quantitative estimate of drug-likeness (QED) is 0.563. The van der Waals surface area contributed by atoms with Gasteiger partial charge in [-0.2, -0.15) is 0 Å². The van der Waals surface area contributed by atoms with E-state index in [1.165, 1.54) is 29.7 Å². The maximum atomic E-state index is 13.7. The van der Waals surface area contributed by atoms with Gasteiger partial charge in [0.25, 0.3) is 10.0 Å². The fourth-order valence-electron chi connectivity index (χ4n) is 4.42. The predicted molar refractivity (Wildman–Crippen MR) is 118 cm³/mol. The lowest BCUT2D eigenvalue weighted by molar-refractivity contribution is 0.435. The Hall–Kier alpha value is -2.55. The minimum absolute atomic E-state index is 0.00854. The molecular weight excluding hydrogens is 415 g/mol. The lowest BCUT2D eigenvalue weighted by atomic mass is 9.86. The molecule has 2 unspecified atom stereocenters.